The van der Waals surface area contributed by atoms with Gasteiger partial charge in [-0.15, -0.1) is 11.3 Å². The van der Waals surface area contributed by atoms with Crippen molar-refractivity contribution in [2.75, 3.05) is 20.8 Å². The molecule has 0 radical (unpaired) electrons. The molecule has 0 saturated heterocycles. The number of hydrogen-bond donors (Lipinski definition) is 0. The second kappa shape index (κ2) is 8.58. The van der Waals surface area contributed by atoms with E-state index in [1.54, 1.807) is 54.9 Å². The van der Waals surface area contributed by atoms with Crippen LogP contribution in [0.4, 0.5) is 0 Å². The fourth-order valence-electron chi connectivity index (χ4n) is 2.69. The summed E-state index contributed by atoms with van der Waals surface area (Å²) in [6, 6.07) is 13.0. The average Bonchev–Trinajstić information content (AvgIpc) is 3.37. The van der Waals surface area contributed by atoms with Crippen LogP contribution in [0.1, 0.15) is 21.0 Å². The van der Waals surface area contributed by atoms with Crippen molar-refractivity contribution in [3.05, 3.63) is 70.3 Å². The quantitative estimate of drug-likeness (QED) is 0.594. The number of hydrogen-bond acceptors (Lipinski definition) is 5. The van der Waals surface area contributed by atoms with Crippen molar-refractivity contribution >= 4 is 17.2 Å². The maximum atomic E-state index is 13.2. The van der Waals surface area contributed by atoms with Crippen molar-refractivity contribution in [3.8, 4) is 11.5 Å². The number of methoxy groups -OCH3 is 2. The molecule has 0 aliphatic rings. The zero-order chi connectivity index (χ0) is 18.4. The summed E-state index contributed by atoms with van der Waals surface area (Å²) in [7, 11) is 3.13. The van der Waals surface area contributed by atoms with Crippen molar-refractivity contribution in [2.24, 2.45) is 0 Å². The molecule has 0 N–H and O–H groups in total. The van der Waals surface area contributed by atoms with E-state index >= 15 is 0 Å². The maximum absolute atomic E-state index is 13.2. The lowest BCUT2D eigenvalue weighted by atomic mass is 10.1. The largest absolute Gasteiger partial charge is 0.497 e. The molecule has 0 aliphatic carbocycles. The molecular weight excluding hydrogens is 350 g/mol. The Balaban J connectivity index is 1.83. The molecule has 3 aromatic rings. The van der Waals surface area contributed by atoms with Gasteiger partial charge in [-0.25, -0.2) is 0 Å². The molecule has 0 atom stereocenters. The van der Waals surface area contributed by atoms with Crippen LogP contribution in [0.2, 0.25) is 0 Å². The number of thiophene rings is 1. The van der Waals surface area contributed by atoms with Gasteiger partial charge in [0.2, 0.25) is 0 Å². The first-order valence-electron chi connectivity index (χ1n) is 8.27. The van der Waals surface area contributed by atoms with Gasteiger partial charge in [-0.2, -0.15) is 0 Å². The highest BCUT2D eigenvalue weighted by molar-refractivity contribution is 7.09. The topological polar surface area (TPSA) is 51.9 Å². The van der Waals surface area contributed by atoms with Gasteiger partial charge in [0.15, 0.2) is 0 Å². The minimum absolute atomic E-state index is 0.0996. The lowest BCUT2D eigenvalue weighted by Gasteiger charge is -2.23. The molecule has 0 spiro atoms. The van der Waals surface area contributed by atoms with Crippen molar-refractivity contribution in [2.45, 2.75) is 13.0 Å². The molecule has 1 amide bonds. The Morgan fingerprint density at radius 1 is 1.15 bits per heavy atom. The summed E-state index contributed by atoms with van der Waals surface area (Å²) >= 11 is 1.69. The summed E-state index contributed by atoms with van der Waals surface area (Å²) in [5.41, 5.74) is 0.506. The predicted octanol–water partition coefficient (Wildman–Crippen LogP) is 4.24. The van der Waals surface area contributed by atoms with E-state index in [1.165, 1.54) is 4.88 Å². The average molecular weight is 371 g/mol. The minimum Gasteiger partial charge on any atom is -0.497 e. The van der Waals surface area contributed by atoms with E-state index in [2.05, 4.69) is 6.07 Å². The lowest BCUT2D eigenvalue weighted by molar-refractivity contribution is 0.0730. The first-order chi connectivity index (χ1) is 12.7. The van der Waals surface area contributed by atoms with Gasteiger partial charge in [0.25, 0.3) is 5.91 Å². The number of benzene rings is 1. The summed E-state index contributed by atoms with van der Waals surface area (Å²) in [6.07, 6.45) is 2.41. The molecule has 0 fully saturated rings. The third-order valence-corrected chi connectivity index (χ3v) is 5.00. The van der Waals surface area contributed by atoms with Crippen molar-refractivity contribution in [1.82, 2.24) is 4.90 Å². The molecule has 26 heavy (non-hydrogen) atoms. The zero-order valence-corrected chi connectivity index (χ0v) is 15.6. The van der Waals surface area contributed by atoms with E-state index in [1.807, 2.05) is 23.6 Å². The number of furan rings is 1. The molecule has 0 aliphatic heterocycles. The molecule has 136 valence electrons. The van der Waals surface area contributed by atoms with E-state index in [0.29, 0.717) is 30.2 Å². The standard InChI is InChI=1S/C20H21NO4S/c1-23-15-7-8-18(19(13-15)24-2)20(22)21(14-16-5-3-11-25-16)10-9-17-6-4-12-26-17/h3-8,11-13H,9-10,14H2,1-2H3. The first-order valence-corrected chi connectivity index (χ1v) is 9.15. The van der Waals surface area contributed by atoms with Crippen LogP contribution in [-0.2, 0) is 13.0 Å². The summed E-state index contributed by atoms with van der Waals surface area (Å²) in [5, 5.41) is 2.04. The molecule has 2 heterocycles. The molecule has 6 heteroatoms. The summed E-state index contributed by atoms with van der Waals surface area (Å²) in [6.45, 7) is 1.00. The highest BCUT2D eigenvalue weighted by Gasteiger charge is 2.21. The minimum atomic E-state index is -0.0996. The van der Waals surface area contributed by atoms with Crippen LogP contribution in [0.5, 0.6) is 11.5 Å². The molecule has 2 aromatic heterocycles. The van der Waals surface area contributed by atoms with Crippen LogP contribution in [0.15, 0.2) is 58.5 Å². The van der Waals surface area contributed by atoms with Gasteiger partial charge in [-0.3, -0.25) is 4.79 Å². The predicted molar refractivity (Wildman–Crippen MR) is 101 cm³/mol. The Bertz CT molecular complexity index is 828. The molecule has 5 nitrogen and oxygen atoms in total. The van der Waals surface area contributed by atoms with Crippen molar-refractivity contribution in [1.29, 1.82) is 0 Å². The fourth-order valence-corrected chi connectivity index (χ4v) is 3.39. The molecular formula is C20H21NO4S. The molecule has 0 bridgehead atoms. The van der Waals surface area contributed by atoms with Crippen molar-refractivity contribution in [3.63, 3.8) is 0 Å². The van der Waals surface area contributed by atoms with Gasteiger partial charge in [0, 0.05) is 17.5 Å². The fraction of sp³-hybridized carbons (Fsp3) is 0.250. The monoisotopic (exact) mass is 371 g/mol. The Morgan fingerprint density at radius 2 is 2.04 bits per heavy atom. The molecule has 3 rings (SSSR count). The highest BCUT2D eigenvalue weighted by atomic mass is 32.1. The molecule has 0 unspecified atom stereocenters. The van der Waals surface area contributed by atoms with Crippen LogP contribution >= 0.6 is 11.3 Å². The van der Waals surface area contributed by atoms with Gasteiger partial charge in [-0.05, 0) is 42.1 Å². The van der Waals surface area contributed by atoms with Crippen LogP contribution in [0, 0.1) is 0 Å². The van der Waals surface area contributed by atoms with E-state index < -0.39 is 0 Å². The van der Waals surface area contributed by atoms with E-state index in [-0.39, 0.29) is 5.91 Å². The maximum Gasteiger partial charge on any atom is 0.258 e. The molecule has 0 saturated carbocycles. The number of rotatable bonds is 8. The van der Waals surface area contributed by atoms with Crippen LogP contribution in [-0.4, -0.2) is 31.6 Å². The number of carbonyl (C=O) groups is 1. The van der Waals surface area contributed by atoms with Crippen LogP contribution in [0.25, 0.3) is 0 Å². The van der Waals surface area contributed by atoms with Gasteiger partial charge < -0.3 is 18.8 Å². The first kappa shape index (κ1) is 18.1. The Labute approximate surface area is 156 Å². The van der Waals surface area contributed by atoms with Gasteiger partial charge >= 0.3 is 0 Å². The number of ether oxygens (including phenoxy) is 2. The lowest BCUT2D eigenvalue weighted by Crippen LogP contribution is -2.32. The van der Waals surface area contributed by atoms with E-state index in [4.69, 9.17) is 13.9 Å². The summed E-state index contributed by atoms with van der Waals surface area (Å²) in [4.78, 5) is 16.2. The number of nitrogens with zero attached hydrogens (tertiary/aromatic N) is 1. The Kier molecular flexibility index (Phi) is 5.96. The van der Waals surface area contributed by atoms with E-state index in [0.717, 1.165) is 12.2 Å². The number of carbonyl (C=O) groups excluding carboxylic acids is 1. The van der Waals surface area contributed by atoms with Crippen molar-refractivity contribution < 1.29 is 18.7 Å². The highest BCUT2D eigenvalue weighted by Crippen LogP contribution is 2.26. The van der Waals surface area contributed by atoms with Crippen LogP contribution in [0.3, 0.4) is 0 Å². The Morgan fingerprint density at radius 3 is 2.69 bits per heavy atom. The number of amides is 1. The van der Waals surface area contributed by atoms with Gasteiger partial charge in [0.05, 0.1) is 32.6 Å². The third-order valence-electron chi connectivity index (χ3n) is 4.06. The van der Waals surface area contributed by atoms with Gasteiger partial charge in [0.1, 0.15) is 17.3 Å². The second-order valence-corrected chi connectivity index (χ2v) is 6.73. The third kappa shape index (κ3) is 4.26. The Hall–Kier alpha value is -2.73. The zero-order valence-electron chi connectivity index (χ0n) is 14.8. The summed E-state index contributed by atoms with van der Waals surface area (Å²) in [5.74, 6) is 1.79. The summed E-state index contributed by atoms with van der Waals surface area (Å²) < 4.78 is 16.0. The van der Waals surface area contributed by atoms with E-state index in [9.17, 15) is 4.79 Å². The normalized spacial score (nSPS) is 10.5. The smallest absolute Gasteiger partial charge is 0.258 e. The van der Waals surface area contributed by atoms with Crippen LogP contribution < -0.4 is 9.47 Å². The van der Waals surface area contributed by atoms with Gasteiger partial charge in [-0.1, -0.05) is 6.07 Å². The SMILES string of the molecule is COc1ccc(C(=O)N(CCc2cccs2)Cc2ccco2)c(OC)c1. The molecule has 1 aromatic carbocycles. The second-order valence-electron chi connectivity index (χ2n) is 5.70.